The number of hydrogen-bond acceptors (Lipinski definition) is 16. The zero-order valence-corrected chi connectivity index (χ0v) is 33.5. The molecule has 7 rings (SSSR count). The van der Waals surface area contributed by atoms with E-state index in [1.807, 2.05) is 0 Å². The van der Waals surface area contributed by atoms with Crippen LogP contribution in [0.2, 0.25) is 0 Å². The van der Waals surface area contributed by atoms with E-state index in [4.69, 9.17) is 18.9 Å². The smallest absolute Gasteiger partial charge is 0.325 e. The first-order valence-corrected chi connectivity index (χ1v) is 19.0. The van der Waals surface area contributed by atoms with Gasteiger partial charge in [0, 0.05) is 50.5 Å². The molecule has 6 N–H and O–H groups in total. The van der Waals surface area contributed by atoms with Crippen molar-refractivity contribution in [2.75, 3.05) is 27.8 Å². The number of aromatic hydroxyl groups is 2. The number of fused-ring (bicyclic) bond motifs is 5. The fourth-order valence-corrected chi connectivity index (χ4v) is 8.90. The Labute approximate surface area is 343 Å². The summed E-state index contributed by atoms with van der Waals surface area (Å²) in [6, 6.07) is 11.1. The maximum absolute atomic E-state index is 14.9. The number of ether oxygens (including phenoxy) is 4. The normalized spacial score (nSPS) is 28.2. The van der Waals surface area contributed by atoms with Gasteiger partial charge in [0.15, 0.2) is 23.4 Å². The van der Waals surface area contributed by atoms with E-state index in [0.29, 0.717) is 5.56 Å². The van der Waals surface area contributed by atoms with Crippen LogP contribution in [-0.4, -0.2) is 130 Å². The largest absolute Gasteiger partial charge is 0.507 e. The fraction of sp³-hybridized carbons (Fsp3) is 0.395. The Kier molecular flexibility index (Phi) is 10.8. The average Bonchev–Trinajstić information content (AvgIpc) is 3.20. The quantitative estimate of drug-likeness (QED) is 0.167. The molecule has 0 spiro atoms. The molecular weight excluding hydrogens is 784 g/mol. The molecule has 8 atom stereocenters. The molecule has 3 aliphatic carbocycles. The topological polar surface area (TPSA) is 256 Å². The van der Waals surface area contributed by atoms with E-state index in [0.717, 1.165) is 24.0 Å². The first-order valence-electron chi connectivity index (χ1n) is 19.0. The summed E-state index contributed by atoms with van der Waals surface area (Å²) in [5, 5.41) is 61.5. The molecule has 1 heterocycles. The molecule has 1 saturated heterocycles. The number of ketones is 4. The highest BCUT2D eigenvalue weighted by molar-refractivity contribution is 6.30. The van der Waals surface area contributed by atoms with Crippen molar-refractivity contribution in [1.82, 2.24) is 10.2 Å². The summed E-state index contributed by atoms with van der Waals surface area (Å²) in [4.78, 5) is 84.8. The Bertz CT molecular complexity index is 2390. The standard InChI is InChI=1S/C43H44N2O15/c1-18-12-21-13-26(47)42(3)39(54)30-23(14-22-29(33(30)50)25(46)15-24(32(22)49)44-40-37(58-6)35(52)36(57-5)19(2)60-40)38(53)43(42,56)31(21)34(51)28(18)41(55)45(4)16-27(48)59-17-20-10-8-7-9-11-20/h7-12,14-15,19,26,35-37,40,44,47,50-52,56H,13,16-17H2,1-6H3/t19-,26+,35+,36-,37+,40?,42-,43-/m0/s1. The summed E-state index contributed by atoms with van der Waals surface area (Å²) in [6.45, 7) is 3.51. The molecule has 17 nitrogen and oxygen atoms in total. The van der Waals surface area contributed by atoms with Gasteiger partial charge in [-0.15, -0.1) is 0 Å². The van der Waals surface area contributed by atoms with Crippen molar-refractivity contribution < 1.29 is 73.2 Å². The molecule has 60 heavy (non-hydrogen) atoms. The van der Waals surface area contributed by atoms with Crippen LogP contribution in [0.1, 0.15) is 87.9 Å². The van der Waals surface area contributed by atoms with Crippen LogP contribution < -0.4 is 5.32 Å². The summed E-state index contributed by atoms with van der Waals surface area (Å²) in [5.41, 5.74) is -8.75. The van der Waals surface area contributed by atoms with Crippen LogP contribution in [0.4, 0.5) is 0 Å². The number of aliphatic hydroxyl groups excluding tert-OH is 2. The monoisotopic (exact) mass is 828 g/mol. The number of aliphatic hydroxyl groups is 3. The molecule has 0 saturated carbocycles. The first kappa shape index (κ1) is 42.3. The number of hydrogen-bond donors (Lipinski definition) is 6. The first-order chi connectivity index (χ1) is 28.3. The molecule has 1 amide bonds. The number of benzene rings is 3. The van der Waals surface area contributed by atoms with Crippen molar-refractivity contribution in [1.29, 1.82) is 0 Å². The number of Topliss-reactive ketones (excluding diaryl/α,β-unsaturated/α-hetero) is 3. The van der Waals surface area contributed by atoms with E-state index >= 15 is 0 Å². The van der Waals surface area contributed by atoms with Crippen molar-refractivity contribution in [3.8, 4) is 11.5 Å². The van der Waals surface area contributed by atoms with Crippen molar-refractivity contribution in [2.45, 2.75) is 76.1 Å². The minimum Gasteiger partial charge on any atom is -0.507 e. The molecule has 0 bridgehead atoms. The van der Waals surface area contributed by atoms with Crippen LogP contribution in [0.15, 0.2) is 54.2 Å². The van der Waals surface area contributed by atoms with Crippen LogP contribution in [-0.2, 0) is 42.4 Å². The number of aryl methyl sites for hydroxylation is 1. The molecule has 0 aromatic heterocycles. The molecule has 0 radical (unpaired) electrons. The SMILES string of the molecule is CO[C@@H]1[C@@H](O)[C@@H](OC)C(NC2=CC(=O)c3c(cc4c(c3O)C(=O)[C@]3(C)[C@H](O)Cc5cc(C)c(C(=O)N(C)CC(=O)OCc6ccccc6)c(O)c5[C@]3(O)C4=O)C2=O)O[C@H]1C. The predicted molar refractivity (Wildman–Crippen MR) is 206 cm³/mol. The second-order valence-corrected chi connectivity index (χ2v) is 15.7. The lowest BCUT2D eigenvalue weighted by Crippen LogP contribution is -2.65. The van der Waals surface area contributed by atoms with E-state index in [-0.39, 0.29) is 23.4 Å². The zero-order valence-electron chi connectivity index (χ0n) is 33.5. The maximum atomic E-state index is 14.9. The number of methoxy groups -OCH3 is 2. The van der Waals surface area contributed by atoms with Crippen molar-refractivity contribution in [2.24, 2.45) is 5.41 Å². The van der Waals surface area contributed by atoms with E-state index in [9.17, 15) is 54.3 Å². The summed E-state index contributed by atoms with van der Waals surface area (Å²) in [5.74, 6) is -8.05. The molecule has 3 aromatic carbocycles. The third-order valence-electron chi connectivity index (χ3n) is 12.2. The van der Waals surface area contributed by atoms with Gasteiger partial charge < -0.3 is 54.7 Å². The van der Waals surface area contributed by atoms with Gasteiger partial charge in [0.05, 0.1) is 40.0 Å². The van der Waals surface area contributed by atoms with Crippen molar-refractivity contribution >= 4 is 35.0 Å². The van der Waals surface area contributed by atoms with E-state index in [1.54, 1.807) is 37.3 Å². The highest BCUT2D eigenvalue weighted by Gasteiger charge is 2.69. The van der Waals surface area contributed by atoms with Crippen LogP contribution in [0, 0.1) is 12.3 Å². The number of likely N-dealkylation sites (N-methyl/N-ethyl adjacent to an activating group) is 1. The Balaban J connectivity index is 1.26. The predicted octanol–water partition coefficient (Wildman–Crippen LogP) is 1.40. The Morgan fingerprint density at radius 1 is 0.950 bits per heavy atom. The van der Waals surface area contributed by atoms with Gasteiger partial charge in [-0.25, -0.2) is 0 Å². The molecule has 3 aromatic rings. The summed E-state index contributed by atoms with van der Waals surface area (Å²) in [6.07, 6.45) is -6.41. The number of nitrogens with one attached hydrogen (secondary N) is 1. The molecular formula is C43H44N2O15. The van der Waals surface area contributed by atoms with Gasteiger partial charge in [0.1, 0.15) is 43.0 Å². The molecule has 1 aliphatic heterocycles. The number of rotatable bonds is 9. The Hall–Kier alpha value is -5.82. The van der Waals surface area contributed by atoms with Gasteiger partial charge in [0.2, 0.25) is 11.6 Å². The van der Waals surface area contributed by atoms with Crippen molar-refractivity contribution in [3.05, 3.63) is 104 Å². The van der Waals surface area contributed by atoms with Gasteiger partial charge in [-0.05, 0) is 43.5 Å². The lowest BCUT2D eigenvalue weighted by molar-refractivity contribution is -0.236. The van der Waals surface area contributed by atoms with Gasteiger partial charge in [-0.1, -0.05) is 36.4 Å². The summed E-state index contributed by atoms with van der Waals surface area (Å²) >= 11 is 0. The minimum atomic E-state index is -3.12. The lowest BCUT2D eigenvalue weighted by atomic mass is 9.51. The van der Waals surface area contributed by atoms with Crippen LogP contribution in [0.5, 0.6) is 11.5 Å². The number of carbonyl (C=O) groups excluding carboxylic acids is 6. The Morgan fingerprint density at radius 2 is 1.62 bits per heavy atom. The second kappa shape index (κ2) is 15.3. The highest BCUT2D eigenvalue weighted by Crippen LogP contribution is 2.59. The molecule has 17 heteroatoms. The minimum absolute atomic E-state index is 0.0127. The van der Waals surface area contributed by atoms with Crippen molar-refractivity contribution in [3.63, 3.8) is 0 Å². The van der Waals surface area contributed by atoms with Crippen LogP contribution >= 0.6 is 0 Å². The van der Waals surface area contributed by atoms with Gasteiger partial charge >= 0.3 is 5.97 Å². The molecule has 316 valence electrons. The molecule has 1 unspecified atom stereocenters. The second-order valence-electron chi connectivity index (χ2n) is 15.7. The number of phenols is 2. The zero-order chi connectivity index (χ0) is 43.7. The fourth-order valence-electron chi connectivity index (χ4n) is 8.90. The lowest BCUT2D eigenvalue weighted by Gasteiger charge is -2.52. The Morgan fingerprint density at radius 3 is 2.27 bits per heavy atom. The number of carbonyl (C=O) groups is 6. The number of amides is 1. The van der Waals surface area contributed by atoms with Crippen LogP contribution in [0.3, 0.4) is 0 Å². The van der Waals surface area contributed by atoms with Gasteiger partial charge in [-0.3, -0.25) is 28.8 Å². The highest BCUT2D eigenvalue weighted by atomic mass is 16.6. The number of phenolic OH excluding ortho intramolecular Hbond substituents is 2. The molecule has 4 aliphatic rings. The average molecular weight is 829 g/mol. The third kappa shape index (κ3) is 6.22. The number of allylic oxidation sites excluding steroid dienone is 2. The van der Waals surface area contributed by atoms with Gasteiger partial charge in [-0.2, -0.15) is 0 Å². The third-order valence-corrected chi connectivity index (χ3v) is 12.2. The number of nitrogens with zero attached hydrogens (tertiary/aromatic N) is 1. The van der Waals surface area contributed by atoms with E-state index < -0.39 is 141 Å². The summed E-state index contributed by atoms with van der Waals surface area (Å²) < 4.78 is 21.9. The molecule has 1 fully saturated rings. The number of esters is 1. The van der Waals surface area contributed by atoms with Crippen LogP contribution in [0.25, 0.3) is 0 Å². The van der Waals surface area contributed by atoms with Gasteiger partial charge in [0.25, 0.3) is 5.91 Å². The van der Waals surface area contributed by atoms with E-state index in [2.05, 4.69) is 5.32 Å². The summed E-state index contributed by atoms with van der Waals surface area (Å²) in [7, 11) is 3.93. The van der Waals surface area contributed by atoms with E-state index in [1.165, 1.54) is 34.3 Å². The maximum Gasteiger partial charge on any atom is 0.325 e.